The standard InChI is InChI=1S/C70H48N2/c1-5-18-49(19-6-1)50-32-34-51(35-33-50)52-36-41-59(42-37-52)72-66-31-16-15-28-64(66)65-46-45-60(48-68(65)72)71(67-47-40-55-24-13-14-27-63(55)70(67)56-25-11-4-12-26-56)58-43-38-57(39-44-58)69-61(53-20-7-2-8-21-53)29-17-30-62(69)54-22-9-3-10-23-54/h1-48H. The molecule has 12 aromatic carbocycles. The van der Waals surface area contributed by atoms with E-state index in [4.69, 9.17) is 0 Å². The number of hydrogen-bond donors (Lipinski definition) is 0. The second-order valence-electron chi connectivity index (χ2n) is 18.4. The van der Waals surface area contributed by atoms with Crippen molar-refractivity contribution in [2.24, 2.45) is 0 Å². The molecule has 1 heterocycles. The van der Waals surface area contributed by atoms with Gasteiger partial charge in [0.2, 0.25) is 0 Å². The third kappa shape index (κ3) is 7.73. The minimum atomic E-state index is 1.06. The highest BCUT2D eigenvalue weighted by atomic mass is 15.1. The maximum atomic E-state index is 2.46. The first-order valence-electron chi connectivity index (χ1n) is 24.7. The molecule has 1 aromatic heterocycles. The molecule has 13 rings (SSSR count). The van der Waals surface area contributed by atoms with Gasteiger partial charge in [-0.2, -0.15) is 0 Å². The van der Waals surface area contributed by atoms with Crippen LogP contribution in [0.1, 0.15) is 0 Å². The molecule has 13 aromatic rings. The van der Waals surface area contributed by atoms with E-state index in [1.807, 2.05) is 0 Å². The van der Waals surface area contributed by atoms with E-state index in [1.165, 1.54) is 88.3 Å². The SMILES string of the molecule is c1ccc(-c2ccc(-c3ccc(-n4c5ccccc5c5ccc(N(c6ccc(-c7c(-c8ccccc8)cccc7-c7ccccc7)cc6)c6ccc7ccccc7c6-c6ccccc6)cc54)cc3)cc2)cc1. The average Bonchev–Trinajstić information content (AvgIpc) is 3.80. The lowest BCUT2D eigenvalue weighted by atomic mass is 9.87. The Morgan fingerprint density at radius 2 is 0.694 bits per heavy atom. The fourth-order valence-corrected chi connectivity index (χ4v) is 10.8. The lowest BCUT2D eigenvalue weighted by Gasteiger charge is -2.29. The molecular weight excluding hydrogens is 869 g/mol. The summed E-state index contributed by atoms with van der Waals surface area (Å²) < 4.78 is 2.43. The fourth-order valence-electron chi connectivity index (χ4n) is 10.8. The van der Waals surface area contributed by atoms with Gasteiger partial charge in [-0.3, -0.25) is 0 Å². The van der Waals surface area contributed by atoms with Crippen molar-refractivity contribution in [2.45, 2.75) is 0 Å². The van der Waals surface area contributed by atoms with Crippen LogP contribution in [0.2, 0.25) is 0 Å². The zero-order valence-corrected chi connectivity index (χ0v) is 39.6. The Kier molecular flexibility index (Phi) is 10.9. The van der Waals surface area contributed by atoms with E-state index in [2.05, 4.69) is 301 Å². The minimum absolute atomic E-state index is 1.06. The molecule has 0 aliphatic carbocycles. The smallest absolute Gasteiger partial charge is 0.0561 e. The first-order valence-corrected chi connectivity index (χ1v) is 24.7. The van der Waals surface area contributed by atoms with Gasteiger partial charge in [-0.1, -0.05) is 243 Å². The number of hydrogen-bond acceptors (Lipinski definition) is 1. The average molecular weight is 917 g/mol. The number of fused-ring (bicyclic) bond motifs is 4. The van der Waals surface area contributed by atoms with Crippen LogP contribution in [0.4, 0.5) is 17.1 Å². The highest BCUT2D eigenvalue weighted by molar-refractivity contribution is 6.11. The summed E-state index contributed by atoms with van der Waals surface area (Å²) in [6, 6.07) is 106. The Hall–Kier alpha value is -9.50. The number of para-hydroxylation sites is 1. The van der Waals surface area contributed by atoms with E-state index < -0.39 is 0 Å². The summed E-state index contributed by atoms with van der Waals surface area (Å²) in [7, 11) is 0. The van der Waals surface area contributed by atoms with E-state index in [0.717, 1.165) is 33.8 Å². The predicted octanol–water partition coefficient (Wildman–Crippen LogP) is 19.4. The lowest BCUT2D eigenvalue weighted by Crippen LogP contribution is -2.12. The molecular formula is C70H48N2. The molecule has 0 fully saturated rings. The normalized spacial score (nSPS) is 11.3. The minimum Gasteiger partial charge on any atom is -0.310 e. The molecule has 2 nitrogen and oxygen atoms in total. The van der Waals surface area contributed by atoms with Crippen LogP contribution in [0.15, 0.2) is 291 Å². The van der Waals surface area contributed by atoms with E-state index in [1.54, 1.807) is 0 Å². The Balaban J connectivity index is 0.987. The maximum Gasteiger partial charge on any atom is 0.0561 e. The summed E-state index contributed by atoms with van der Waals surface area (Å²) in [5.41, 5.74) is 21.0. The van der Waals surface area contributed by atoms with Gasteiger partial charge in [0.05, 0.1) is 16.7 Å². The van der Waals surface area contributed by atoms with Gasteiger partial charge in [0.25, 0.3) is 0 Å². The van der Waals surface area contributed by atoms with Crippen LogP contribution in [-0.4, -0.2) is 4.57 Å². The molecule has 0 spiro atoms. The van der Waals surface area contributed by atoms with Crippen molar-refractivity contribution in [1.82, 2.24) is 4.57 Å². The third-order valence-corrected chi connectivity index (χ3v) is 14.2. The Labute approximate surface area is 420 Å². The second-order valence-corrected chi connectivity index (χ2v) is 18.4. The maximum absolute atomic E-state index is 2.46. The van der Waals surface area contributed by atoms with Crippen LogP contribution in [-0.2, 0) is 0 Å². The van der Waals surface area contributed by atoms with Crippen molar-refractivity contribution in [3.05, 3.63) is 291 Å². The molecule has 0 saturated heterocycles. The molecule has 0 N–H and O–H groups in total. The van der Waals surface area contributed by atoms with Crippen molar-refractivity contribution in [3.63, 3.8) is 0 Å². The van der Waals surface area contributed by atoms with Gasteiger partial charge in [0.1, 0.15) is 0 Å². The van der Waals surface area contributed by atoms with Crippen molar-refractivity contribution < 1.29 is 0 Å². The van der Waals surface area contributed by atoms with Crippen molar-refractivity contribution in [3.8, 4) is 72.4 Å². The first kappa shape index (κ1) is 42.6. The molecule has 2 heteroatoms. The van der Waals surface area contributed by atoms with Gasteiger partial charge in [-0.15, -0.1) is 0 Å². The van der Waals surface area contributed by atoms with Gasteiger partial charge in [-0.25, -0.2) is 0 Å². The van der Waals surface area contributed by atoms with E-state index in [0.29, 0.717) is 0 Å². The van der Waals surface area contributed by atoms with Crippen LogP contribution < -0.4 is 4.90 Å². The molecule has 0 aliphatic rings. The Morgan fingerprint density at radius 3 is 1.31 bits per heavy atom. The first-order chi connectivity index (χ1) is 35.7. The van der Waals surface area contributed by atoms with Gasteiger partial charge < -0.3 is 9.47 Å². The molecule has 0 unspecified atom stereocenters. The third-order valence-electron chi connectivity index (χ3n) is 14.2. The fraction of sp³-hybridized carbons (Fsp3) is 0. The van der Waals surface area contributed by atoms with Gasteiger partial charge in [0.15, 0.2) is 0 Å². The van der Waals surface area contributed by atoms with Crippen LogP contribution in [0, 0.1) is 0 Å². The number of aromatic nitrogens is 1. The highest BCUT2D eigenvalue weighted by Gasteiger charge is 2.23. The van der Waals surface area contributed by atoms with Crippen molar-refractivity contribution in [1.29, 1.82) is 0 Å². The highest BCUT2D eigenvalue weighted by Crippen LogP contribution is 2.47. The van der Waals surface area contributed by atoms with Crippen molar-refractivity contribution in [2.75, 3.05) is 4.90 Å². The van der Waals surface area contributed by atoms with Gasteiger partial charge >= 0.3 is 0 Å². The van der Waals surface area contributed by atoms with E-state index >= 15 is 0 Å². The molecule has 0 amide bonds. The number of rotatable bonds is 10. The number of nitrogens with zero attached hydrogens (tertiary/aromatic N) is 2. The monoisotopic (exact) mass is 916 g/mol. The number of anilines is 3. The lowest BCUT2D eigenvalue weighted by molar-refractivity contribution is 1.18. The summed E-state index contributed by atoms with van der Waals surface area (Å²) >= 11 is 0. The van der Waals surface area contributed by atoms with Gasteiger partial charge in [0, 0.05) is 33.4 Å². The summed E-state index contributed by atoms with van der Waals surface area (Å²) in [6.45, 7) is 0. The summed E-state index contributed by atoms with van der Waals surface area (Å²) in [5.74, 6) is 0. The predicted molar refractivity (Wildman–Crippen MR) is 306 cm³/mol. The molecule has 0 aliphatic heterocycles. The molecule has 338 valence electrons. The Bertz CT molecular complexity index is 3970. The van der Waals surface area contributed by atoms with Crippen LogP contribution >= 0.6 is 0 Å². The van der Waals surface area contributed by atoms with Crippen LogP contribution in [0.3, 0.4) is 0 Å². The molecule has 0 atom stereocenters. The summed E-state index contributed by atoms with van der Waals surface area (Å²) in [4.78, 5) is 2.46. The molecule has 0 radical (unpaired) electrons. The van der Waals surface area contributed by atoms with Gasteiger partial charge in [-0.05, 0) is 121 Å². The zero-order chi connectivity index (χ0) is 47.8. The van der Waals surface area contributed by atoms with E-state index in [9.17, 15) is 0 Å². The topological polar surface area (TPSA) is 8.17 Å². The quantitative estimate of drug-likeness (QED) is 0.133. The number of benzene rings is 12. The molecule has 0 bridgehead atoms. The van der Waals surface area contributed by atoms with Crippen LogP contribution in [0.5, 0.6) is 0 Å². The second kappa shape index (κ2) is 18.4. The molecule has 0 saturated carbocycles. The summed E-state index contributed by atoms with van der Waals surface area (Å²) in [6.07, 6.45) is 0. The van der Waals surface area contributed by atoms with Crippen molar-refractivity contribution >= 4 is 49.6 Å². The zero-order valence-electron chi connectivity index (χ0n) is 39.6. The van der Waals surface area contributed by atoms with Crippen LogP contribution in [0.25, 0.3) is 105 Å². The largest absolute Gasteiger partial charge is 0.310 e. The summed E-state index contributed by atoms with van der Waals surface area (Å²) in [5, 5.41) is 4.83. The Morgan fingerprint density at radius 1 is 0.250 bits per heavy atom. The van der Waals surface area contributed by atoms with E-state index in [-0.39, 0.29) is 0 Å². The molecule has 72 heavy (non-hydrogen) atoms.